The molecule has 0 aliphatic carbocycles. The Kier molecular flexibility index (Phi) is 4.55. The first-order valence-corrected chi connectivity index (χ1v) is 7.28. The van der Waals surface area contributed by atoms with Gasteiger partial charge in [-0.05, 0) is 31.9 Å². The van der Waals surface area contributed by atoms with E-state index in [2.05, 4.69) is 17.1 Å². The van der Waals surface area contributed by atoms with Gasteiger partial charge in [0.2, 0.25) is 5.82 Å². The SMILES string of the molecule is CCCC(OCC)c1noc(-c2sc(N)cc2C)n1. The molecule has 2 rings (SSSR count). The lowest BCUT2D eigenvalue weighted by atomic mass is 10.2. The Morgan fingerprint density at radius 1 is 1.47 bits per heavy atom. The predicted octanol–water partition coefficient (Wildman–Crippen LogP) is 3.57. The van der Waals surface area contributed by atoms with Gasteiger partial charge < -0.3 is 15.0 Å². The van der Waals surface area contributed by atoms with E-state index in [0.717, 1.165) is 28.3 Å². The molecule has 19 heavy (non-hydrogen) atoms. The van der Waals surface area contributed by atoms with Gasteiger partial charge in [0, 0.05) is 6.61 Å². The Balaban J connectivity index is 2.24. The van der Waals surface area contributed by atoms with Gasteiger partial charge in [0.25, 0.3) is 5.89 Å². The molecule has 0 saturated carbocycles. The van der Waals surface area contributed by atoms with E-state index in [1.165, 1.54) is 11.3 Å². The molecule has 1 atom stereocenters. The van der Waals surface area contributed by atoms with Crippen LogP contribution in [-0.2, 0) is 4.74 Å². The van der Waals surface area contributed by atoms with Gasteiger partial charge in [-0.2, -0.15) is 4.98 Å². The van der Waals surface area contributed by atoms with Crippen molar-refractivity contribution < 1.29 is 9.26 Å². The summed E-state index contributed by atoms with van der Waals surface area (Å²) in [5, 5.41) is 4.79. The number of nitrogens with zero attached hydrogens (tertiary/aromatic N) is 2. The summed E-state index contributed by atoms with van der Waals surface area (Å²) in [6.07, 6.45) is 1.81. The van der Waals surface area contributed by atoms with Crippen LogP contribution in [-0.4, -0.2) is 16.7 Å². The molecule has 0 amide bonds. The number of aryl methyl sites for hydroxylation is 1. The van der Waals surface area contributed by atoms with Crippen LogP contribution in [0.25, 0.3) is 10.8 Å². The summed E-state index contributed by atoms with van der Waals surface area (Å²) >= 11 is 1.46. The average molecular weight is 281 g/mol. The van der Waals surface area contributed by atoms with Gasteiger partial charge >= 0.3 is 0 Å². The minimum atomic E-state index is -0.0925. The van der Waals surface area contributed by atoms with Crippen molar-refractivity contribution >= 4 is 16.3 Å². The maximum absolute atomic E-state index is 5.78. The molecular weight excluding hydrogens is 262 g/mol. The van der Waals surface area contributed by atoms with Gasteiger partial charge in [-0.1, -0.05) is 18.5 Å². The molecular formula is C13H19N3O2S. The molecule has 2 aromatic rings. The first kappa shape index (κ1) is 14.0. The van der Waals surface area contributed by atoms with E-state index < -0.39 is 0 Å². The number of hydrogen-bond acceptors (Lipinski definition) is 6. The van der Waals surface area contributed by atoms with E-state index in [0.29, 0.717) is 18.3 Å². The van der Waals surface area contributed by atoms with Gasteiger partial charge in [-0.3, -0.25) is 0 Å². The molecule has 0 aliphatic rings. The summed E-state index contributed by atoms with van der Waals surface area (Å²) in [6.45, 7) is 6.70. The van der Waals surface area contributed by atoms with Crippen LogP contribution in [0, 0.1) is 6.92 Å². The van der Waals surface area contributed by atoms with Gasteiger partial charge in [0.15, 0.2) is 0 Å². The molecule has 5 nitrogen and oxygen atoms in total. The first-order chi connectivity index (χ1) is 9.15. The molecule has 2 N–H and O–H groups in total. The number of thiophene rings is 1. The Morgan fingerprint density at radius 3 is 2.84 bits per heavy atom. The number of ether oxygens (including phenoxy) is 1. The topological polar surface area (TPSA) is 74.2 Å². The van der Waals surface area contributed by atoms with Crippen molar-refractivity contribution in [2.75, 3.05) is 12.3 Å². The highest BCUT2D eigenvalue weighted by molar-refractivity contribution is 7.19. The highest BCUT2D eigenvalue weighted by atomic mass is 32.1. The molecule has 0 bridgehead atoms. The van der Waals surface area contributed by atoms with E-state index in [-0.39, 0.29) is 6.10 Å². The minimum absolute atomic E-state index is 0.0925. The van der Waals surface area contributed by atoms with Gasteiger partial charge in [-0.15, -0.1) is 11.3 Å². The fourth-order valence-corrected chi connectivity index (χ4v) is 2.79. The lowest BCUT2D eigenvalue weighted by Crippen LogP contribution is -2.05. The lowest BCUT2D eigenvalue weighted by Gasteiger charge is -2.10. The second-order valence-electron chi connectivity index (χ2n) is 4.35. The molecule has 0 aliphatic heterocycles. The smallest absolute Gasteiger partial charge is 0.268 e. The van der Waals surface area contributed by atoms with Gasteiger partial charge in [0.05, 0.1) is 9.88 Å². The zero-order chi connectivity index (χ0) is 13.8. The second kappa shape index (κ2) is 6.16. The van der Waals surface area contributed by atoms with Crippen molar-refractivity contribution in [1.29, 1.82) is 0 Å². The highest BCUT2D eigenvalue weighted by Gasteiger charge is 2.20. The summed E-state index contributed by atoms with van der Waals surface area (Å²) < 4.78 is 11.0. The number of rotatable bonds is 6. The third-order valence-corrected chi connectivity index (χ3v) is 3.83. The van der Waals surface area contributed by atoms with Crippen molar-refractivity contribution in [3.63, 3.8) is 0 Å². The summed E-state index contributed by atoms with van der Waals surface area (Å²) in [7, 11) is 0. The van der Waals surface area contributed by atoms with Crippen LogP contribution in [0.15, 0.2) is 10.6 Å². The molecule has 0 fully saturated rings. The fourth-order valence-electron chi connectivity index (χ4n) is 1.93. The Labute approximate surface area is 116 Å². The molecule has 0 saturated heterocycles. The molecule has 1 unspecified atom stereocenters. The van der Waals surface area contributed by atoms with E-state index in [1.807, 2.05) is 19.9 Å². The van der Waals surface area contributed by atoms with E-state index in [1.54, 1.807) is 0 Å². The van der Waals surface area contributed by atoms with Crippen LogP contribution in [0.5, 0.6) is 0 Å². The third-order valence-electron chi connectivity index (χ3n) is 2.78. The molecule has 6 heteroatoms. The van der Waals surface area contributed by atoms with Crippen molar-refractivity contribution in [2.45, 2.75) is 39.7 Å². The van der Waals surface area contributed by atoms with Crippen LogP contribution in [0.1, 0.15) is 44.2 Å². The van der Waals surface area contributed by atoms with Crippen molar-refractivity contribution in [2.24, 2.45) is 0 Å². The van der Waals surface area contributed by atoms with Gasteiger partial charge in [0.1, 0.15) is 6.10 Å². The minimum Gasteiger partial charge on any atom is -0.391 e. The highest BCUT2D eigenvalue weighted by Crippen LogP contribution is 2.33. The van der Waals surface area contributed by atoms with Crippen molar-refractivity contribution in [3.8, 4) is 10.8 Å². The molecule has 0 radical (unpaired) electrons. The maximum Gasteiger partial charge on any atom is 0.268 e. The Morgan fingerprint density at radius 2 is 2.26 bits per heavy atom. The standard InChI is InChI=1S/C13H19N3O2S/c1-4-6-9(17-5-2)12-15-13(18-16-12)11-8(3)7-10(14)19-11/h7,9H,4-6,14H2,1-3H3. The van der Waals surface area contributed by atoms with Crippen molar-refractivity contribution in [1.82, 2.24) is 10.1 Å². The Bertz CT molecular complexity index is 530. The largest absolute Gasteiger partial charge is 0.391 e. The number of hydrogen-bond donors (Lipinski definition) is 1. The van der Waals surface area contributed by atoms with Crippen LogP contribution in [0.3, 0.4) is 0 Å². The van der Waals surface area contributed by atoms with Crippen LogP contribution in [0.4, 0.5) is 5.00 Å². The quantitative estimate of drug-likeness (QED) is 0.876. The number of nitrogens with two attached hydrogens (primary N) is 1. The number of nitrogen functional groups attached to an aromatic ring is 1. The Hall–Kier alpha value is -1.40. The van der Waals surface area contributed by atoms with Crippen LogP contribution >= 0.6 is 11.3 Å². The lowest BCUT2D eigenvalue weighted by molar-refractivity contribution is 0.0478. The number of aromatic nitrogens is 2. The molecule has 0 spiro atoms. The molecule has 2 aromatic heterocycles. The summed E-state index contributed by atoms with van der Waals surface area (Å²) in [5.41, 5.74) is 6.84. The maximum atomic E-state index is 5.78. The summed E-state index contributed by atoms with van der Waals surface area (Å²) in [5.74, 6) is 1.14. The normalized spacial score (nSPS) is 12.8. The molecule has 2 heterocycles. The van der Waals surface area contributed by atoms with E-state index >= 15 is 0 Å². The van der Waals surface area contributed by atoms with Crippen LogP contribution in [0.2, 0.25) is 0 Å². The summed E-state index contributed by atoms with van der Waals surface area (Å²) in [4.78, 5) is 5.38. The van der Waals surface area contributed by atoms with Crippen molar-refractivity contribution in [3.05, 3.63) is 17.5 Å². The zero-order valence-electron chi connectivity index (χ0n) is 11.5. The van der Waals surface area contributed by atoms with E-state index in [4.69, 9.17) is 15.0 Å². The molecule has 104 valence electrons. The third kappa shape index (κ3) is 3.13. The number of anilines is 1. The van der Waals surface area contributed by atoms with E-state index in [9.17, 15) is 0 Å². The first-order valence-electron chi connectivity index (χ1n) is 6.47. The zero-order valence-corrected chi connectivity index (χ0v) is 12.3. The van der Waals surface area contributed by atoms with Crippen LogP contribution < -0.4 is 5.73 Å². The second-order valence-corrected chi connectivity index (χ2v) is 5.44. The molecule has 0 aromatic carbocycles. The monoisotopic (exact) mass is 281 g/mol. The summed E-state index contributed by atoms with van der Waals surface area (Å²) in [6, 6.07) is 1.91. The average Bonchev–Trinajstić information content (AvgIpc) is 2.95. The predicted molar refractivity (Wildman–Crippen MR) is 76.0 cm³/mol. The van der Waals surface area contributed by atoms with Gasteiger partial charge in [-0.25, -0.2) is 0 Å². The fraction of sp³-hybridized carbons (Fsp3) is 0.538.